The van der Waals surface area contributed by atoms with Crippen molar-refractivity contribution in [2.45, 2.75) is 25.4 Å². The second-order valence-corrected chi connectivity index (χ2v) is 3.55. The zero-order valence-corrected chi connectivity index (χ0v) is 7.95. The van der Waals surface area contributed by atoms with Gasteiger partial charge in [-0.25, -0.2) is 0 Å². The summed E-state index contributed by atoms with van der Waals surface area (Å²) in [4.78, 5) is 10.3. The number of methoxy groups -OCH3 is 1. The maximum atomic E-state index is 10.3. The molecule has 0 radical (unpaired) electrons. The zero-order chi connectivity index (χ0) is 9.68. The first-order chi connectivity index (χ1) is 6.22. The maximum Gasteiger partial charge on any atom is 0.303 e. The minimum Gasteiger partial charge on any atom is -0.481 e. The molecule has 2 atom stereocenters. The molecule has 0 unspecified atom stereocenters. The summed E-state index contributed by atoms with van der Waals surface area (Å²) in [6.07, 6.45) is 2.26. The van der Waals surface area contributed by atoms with E-state index >= 15 is 0 Å². The monoisotopic (exact) mass is 187 g/mol. The molecular formula is C9H17NO3. The molecule has 1 fully saturated rings. The first kappa shape index (κ1) is 10.5. The third-order valence-corrected chi connectivity index (χ3v) is 2.50. The van der Waals surface area contributed by atoms with E-state index in [1.165, 1.54) is 0 Å². The molecule has 0 spiro atoms. The molecule has 1 aliphatic rings. The lowest BCUT2D eigenvalue weighted by Gasteiger charge is -2.28. The summed E-state index contributed by atoms with van der Waals surface area (Å²) in [5, 5.41) is 11.8. The van der Waals surface area contributed by atoms with E-state index in [4.69, 9.17) is 9.84 Å². The van der Waals surface area contributed by atoms with Crippen LogP contribution < -0.4 is 5.32 Å². The number of carbonyl (C=O) groups is 1. The summed E-state index contributed by atoms with van der Waals surface area (Å²) in [6, 6.07) is 0. The summed E-state index contributed by atoms with van der Waals surface area (Å²) >= 11 is 0. The van der Waals surface area contributed by atoms with Gasteiger partial charge in [-0.3, -0.25) is 4.79 Å². The van der Waals surface area contributed by atoms with Crippen LogP contribution in [0, 0.1) is 5.92 Å². The molecular weight excluding hydrogens is 170 g/mol. The number of piperidine rings is 1. The Morgan fingerprint density at radius 3 is 3.00 bits per heavy atom. The highest BCUT2D eigenvalue weighted by molar-refractivity contribution is 5.66. The van der Waals surface area contributed by atoms with Gasteiger partial charge in [-0.15, -0.1) is 0 Å². The van der Waals surface area contributed by atoms with Gasteiger partial charge in [0.25, 0.3) is 0 Å². The van der Waals surface area contributed by atoms with Crippen molar-refractivity contribution < 1.29 is 14.6 Å². The molecule has 0 aliphatic carbocycles. The molecule has 4 nitrogen and oxygen atoms in total. The largest absolute Gasteiger partial charge is 0.481 e. The number of carboxylic acid groups (broad SMARTS) is 1. The van der Waals surface area contributed by atoms with Crippen molar-refractivity contribution >= 4 is 5.97 Å². The van der Waals surface area contributed by atoms with E-state index in [0.717, 1.165) is 25.9 Å². The van der Waals surface area contributed by atoms with E-state index in [-0.39, 0.29) is 12.5 Å². The highest BCUT2D eigenvalue weighted by atomic mass is 16.5. The Hall–Kier alpha value is -0.610. The van der Waals surface area contributed by atoms with Gasteiger partial charge in [-0.05, 0) is 25.3 Å². The first-order valence-corrected chi connectivity index (χ1v) is 4.67. The third kappa shape index (κ3) is 3.74. The summed E-state index contributed by atoms with van der Waals surface area (Å²) in [6.45, 7) is 1.81. The molecule has 1 heterocycles. The summed E-state index contributed by atoms with van der Waals surface area (Å²) in [7, 11) is 1.70. The quantitative estimate of drug-likeness (QED) is 0.672. The number of rotatable bonds is 4. The average molecular weight is 187 g/mol. The summed E-state index contributed by atoms with van der Waals surface area (Å²) in [5.74, 6) is -0.255. The zero-order valence-electron chi connectivity index (χ0n) is 7.95. The number of nitrogens with one attached hydrogen (secondary N) is 1. The Kier molecular flexibility index (Phi) is 4.18. The van der Waals surface area contributed by atoms with Gasteiger partial charge in [-0.1, -0.05) is 0 Å². The van der Waals surface area contributed by atoms with Gasteiger partial charge >= 0.3 is 5.97 Å². The van der Waals surface area contributed by atoms with Gasteiger partial charge in [-0.2, -0.15) is 0 Å². The molecule has 0 aromatic carbocycles. The Morgan fingerprint density at radius 2 is 2.38 bits per heavy atom. The lowest BCUT2D eigenvalue weighted by molar-refractivity contribution is -0.137. The first-order valence-electron chi connectivity index (χ1n) is 4.67. The Balaban J connectivity index is 2.21. The van der Waals surface area contributed by atoms with Crippen LogP contribution in [0.1, 0.15) is 19.3 Å². The molecule has 0 bridgehead atoms. The summed E-state index contributed by atoms with van der Waals surface area (Å²) < 4.78 is 5.22. The molecule has 0 saturated carbocycles. The standard InChI is InChI=1S/C9H17NO3/c1-13-8-4-7(5-10-6-8)2-3-9(11)12/h7-8,10H,2-6H2,1H3,(H,11,12)/t7-,8+/m1/s1. The highest BCUT2D eigenvalue weighted by Crippen LogP contribution is 2.17. The second-order valence-electron chi connectivity index (χ2n) is 3.55. The van der Waals surface area contributed by atoms with Crippen molar-refractivity contribution in [2.24, 2.45) is 5.92 Å². The predicted molar refractivity (Wildman–Crippen MR) is 48.6 cm³/mol. The average Bonchev–Trinajstić information content (AvgIpc) is 2.15. The van der Waals surface area contributed by atoms with Gasteiger partial charge in [0, 0.05) is 20.1 Å². The van der Waals surface area contributed by atoms with E-state index in [1.807, 2.05) is 0 Å². The fourth-order valence-electron chi connectivity index (χ4n) is 1.71. The van der Waals surface area contributed by atoms with Crippen LogP contribution in [-0.4, -0.2) is 37.4 Å². The number of ether oxygens (including phenoxy) is 1. The Morgan fingerprint density at radius 1 is 1.62 bits per heavy atom. The minimum absolute atomic E-state index is 0.257. The molecule has 1 saturated heterocycles. The lowest BCUT2D eigenvalue weighted by atomic mass is 9.93. The molecule has 76 valence electrons. The number of hydrogen-bond donors (Lipinski definition) is 2. The fourth-order valence-corrected chi connectivity index (χ4v) is 1.71. The summed E-state index contributed by atoms with van der Waals surface area (Å²) in [5.41, 5.74) is 0. The SMILES string of the molecule is CO[C@@H]1CNC[C@H](CCC(=O)O)C1. The van der Waals surface area contributed by atoms with Crippen LogP contribution in [0.5, 0.6) is 0 Å². The van der Waals surface area contributed by atoms with E-state index < -0.39 is 5.97 Å². The second kappa shape index (κ2) is 5.19. The van der Waals surface area contributed by atoms with E-state index in [0.29, 0.717) is 5.92 Å². The van der Waals surface area contributed by atoms with Crippen molar-refractivity contribution in [2.75, 3.05) is 20.2 Å². The molecule has 1 aliphatic heterocycles. The van der Waals surface area contributed by atoms with Crippen LogP contribution in [0.4, 0.5) is 0 Å². The molecule has 1 rings (SSSR count). The maximum absolute atomic E-state index is 10.3. The molecule has 2 N–H and O–H groups in total. The van der Waals surface area contributed by atoms with Gasteiger partial charge in [0.2, 0.25) is 0 Å². The normalized spacial score (nSPS) is 28.7. The lowest BCUT2D eigenvalue weighted by Crippen LogP contribution is -2.40. The van der Waals surface area contributed by atoms with Gasteiger partial charge in [0.1, 0.15) is 0 Å². The smallest absolute Gasteiger partial charge is 0.303 e. The topological polar surface area (TPSA) is 58.6 Å². The molecule has 0 aromatic rings. The highest BCUT2D eigenvalue weighted by Gasteiger charge is 2.21. The predicted octanol–water partition coefficient (Wildman–Crippen LogP) is 0.476. The molecule has 13 heavy (non-hydrogen) atoms. The molecule has 0 amide bonds. The van der Waals surface area contributed by atoms with Gasteiger partial charge in [0.15, 0.2) is 0 Å². The Bertz CT molecular complexity index is 172. The minimum atomic E-state index is -0.709. The van der Waals surface area contributed by atoms with Crippen LogP contribution in [0.3, 0.4) is 0 Å². The van der Waals surface area contributed by atoms with Crippen molar-refractivity contribution in [1.29, 1.82) is 0 Å². The van der Waals surface area contributed by atoms with Crippen LogP contribution in [0.25, 0.3) is 0 Å². The van der Waals surface area contributed by atoms with E-state index in [1.54, 1.807) is 7.11 Å². The van der Waals surface area contributed by atoms with Crippen LogP contribution in [-0.2, 0) is 9.53 Å². The van der Waals surface area contributed by atoms with E-state index in [9.17, 15) is 4.79 Å². The van der Waals surface area contributed by atoms with Crippen molar-refractivity contribution in [3.63, 3.8) is 0 Å². The molecule has 4 heteroatoms. The van der Waals surface area contributed by atoms with Crippen LogP contribution in [0.15, 0.2) is 0 Å². The number of aliphatic carboxylic acids is 1. The van der Waals surface area contributed by atoms with Gasteiger partial charge < -0.3 is 15.2 Å². The van der Waals surface area contributed by atoms with Gasteiger partial charge in [0.05, 0.1) is 6.10 Å². The Labute approximate surface area is 78.3 Å². The fraction of sp³-hybridized carbons (Fsp3) is 0.889. The number of carboxylic acids is 1. The van der Waals surface area contributed by atoms with Crippen molar-refractivity contribution in [3.05, 3.63) is 0 Å². The van der Waals surface area contributed by atoms with Crippen LogP contribution in [0.2, 0.25) is 0 Å². The van der Waals surface area contributed by atoms with Crippen LogP contribution >= 0.6 is 0 Å². The van der Waals surface area contributed by atoms with Crippen molar-refractivity contribution in [1.82, 2.24) is 5.32 Å². The number of hydrogen-bond acceptors (Lipinski definition) is 3. The van der Waals surface area contributed by atoms with Crippen molar-refractivity contribution in [3.8, 4) is 0 Å². The molecule has 0 aromatic heterocycles. The van der Waals surface area contributed by atoms with E-state index in [2.05, 4.69) is 5.32 Å². The third-order valence-electron chi connectivity index (χ3n) is 2.50.